The lowest BCUT2D eigenvalue weighted by Gasteiger charge is -2.19. The Morgan fingerprint density at radius 1 is 1.24 bits per heavy atom. The van der Waals surface area contributed by atoms with Crippen LogP contribution in [0.25, 0.3) is 0 Å². The van der Waals surface area contributed by atoms with Gasteiger partial charge in [0.15, 0.2) is 5.82 Å². The number of hydrogen-bond acceptors (Lipinski definition) is 8. The molecule has 158 valence electrons. The number of aryl methyl sites for hydroxylation is 1. The molecule has 0 fully saturated rings. The van der Waals surface area contributed by atoms with Crippen LogP contribution in [0, 0.1) is 0 Å². The first-order valence-corrected chi connectivity index (χ1v) is 10.2. The van der Waals surface area contributed by atoms with Crippen LogP contribution in [0.1, 0.15) is 51.4 Å². The molecule has 1 aromatic carbocycles. The second kappa shape index (κ2) is 10.3. The number of carbonyl (C=O) groups excluding carboxylic acids is 2. The smallest absolute Gasteiger partial charge is 0.414 e. The van der Waals surface area contributed by atoms with Crippen molar-refractivity contribution < 1.29 is 24.2 Å². The van der Waals surface area contributed by atoms with Gasteiger partial charge in [0.1, 0.15) is 11.5 Å². The van der Waals surface area contributed by atoms with Gasteiger partial charge in [0.05, 0.1) is 12.7 Å². The van der Waals surface area contributed by atoms with Gasteiger partial charge in [-0.05, 0) is 46.1 Å². The highest BCUT2D eigenvalue weighted by atomic mass is 32.1. The molecular weight excluding hydrogens is 394 g/mol. The second-order valence-electron chi connectivity index (χ2n) is 7.41. The van der Waals surface area contributed by atoms with Crippen molar-refractivity contribution in [3.8, 4) is 0 Å². The van der Waals surface area contributed by atoms with Crippen LogP contribution in [-0.4, -0.2) is 44.8 Å². The molecule has 9 heteroatoms. The molecule has 0 aliphatic rings. The van der Waals surface area contributed by atoms with E-state index in [1.807, 2.05) is 30.3 Å². The number of ether oxygens (including phenoxy) is 2. The third-order valence-electron chi connectivity index (χ3n) is 3.82. The first-order valence-electron chi connectivity index (χ1n) is 9.42. The molecular formula is C20H27N3O5S. The van der Waals surface area contributed by atoms with Crippen LogP contribution in [0.2, 0.25) is 0 Å². The lowest BCUT2D eigenvalue weighted by Crippen LogP contribution is -2.30. The van der Waals surface area contributed by atoms with Crippen LogP contribution in [0.15, 0.2) is 30.3 Å². The summed E-state index contributed by atoms with van der Waals surface area (Å²) >= 11 is 0.908. The van der Waals surface area contributed by atoms with E-state index in [-0.39, 0.29) is 17.6 Å². The Morgan fingerprint density at radius 2 is 1.93 bits per heavy atom. The van der Waals surface area contributed by atoms with Gasteiger partial charge in [-0.3, -0.25) is 10.1 Å². The Labute approximate surface area is 174 Å². The minimum atomic E-state index is -1.04. The van der Waals surface area contributed by atoms with E-state index in [0.717, 1.165) is 17.1 Å². The van der Waals surface area contributed by atoms with E-state index in [0.29, 0.717) is 12.8 Å². The molecule has 0 radical (unpaired) electrons. The maximum Gasteiger partial charge on any atom is 0.414 e. The zero-order valence-electron chi connectivity index (χ0n) is 17.0. The van der Waals surface area contributed by atoms with E-state index < -0.39 is 29.7 Å². The lowest BCUT2D eigenvalue weighted by atomic mass is 9.95. The molecule has 0 aliphatic heterocycles. The van der Waals surface area contributed by atoms with Gasteiger partial charge in [0.2, 0.25) is 5.13 Å². The number of hydrogen-bond donors (Lipinski definition) is 2. The number of carbonyl (C=O) groups is 2. The first kappa shape index (κ1) is 22.8. The number of anilines is 1. The monoisotopic (exact) mass is 421 g/mol. The summed E-state index contributed by atoms with van der Waals surface area (Å²) in [6, 6.07) is 9.66. The molecule has 2 atom stereocenters. The maximum absolute atomic E-state index is 12.4. The SMILES string of the molecule is CCOC(=O)C(c1nsc(NC(=O)OC(C)(C)C)n1)C(O)CCc1ccccc1. The molecule has 2 aromatic rings. The van der Waals surface area contributed by atoms with Crippen molar-refractivity contribution in [3.63, 3.8) is 0 Å². The summed E-state index contributed by atoms with van der Waals surface area (Å²) in [4.78, 5) is 28.5. The minimum absolute atomic E-state index is 0.111. The summed E-state index contributed by atoms with van der Waals surface area (Å²) in [5, 5.41) is 13.3. The fourth-order valence-electron chi connectivity index (χ4n) is 2.60. The van der Waals surface area contributed by atoms with Crippen LogP contribution < -0.4 is 5.32 Å². The Kier molecular flexibility index (Phi) is 8.10. The standard InChI is InChI=1S/C20H27N3O5S/c1-5-27-17(25)15(14(24)12-11-13-9-7-6-8-10-13)16-21-18(29-23-16)22-19(26)28-20(2,3)4/h6-10,14-15,24H,5,11-12H2,1-4H3,(H,21,22,23,26). The molecule has 8 nitrogen and oxygen atoms in total. The zero-order chi connectivity index (χ0) is 21.4. The quantitative estimate of drug-likeness (QED) is 0.627. The predicted molar refractivity (Wildman–Crippen MR) is 110 cm³/mol. The molecule has 29 heavy (non-hydrogen) atoms. The lowest BCUT2D eigenvalue weighted by molar-refractivity contribution is -0.148. The van der Waals surface area contributed by atoms with Gasteiger partial charge in [-0.15, -0.1) is 0 Å². The highest BCUT2D eigenvalue weighted by Gasteiger charge is 2.34. The Bertz CT molecular complexity index is 804. The third-order valence-corrected chi connectivity index (χ3v) is 4.47. The van der Waals surface area contributed by atoms with Crippen LogP contribution in [-0.2, 0) is 20.7 Å². The van der Waals surface area contributed by atoms with Gasteiger partial charge >= 0.3 is 12.1 Å². The second-order valence-corrected chi connectivity index (χ2v) is 8.16. The summed E-state index contributed by atoms with van der Waals surface area (Å²) in [5.41, 5.74) is 0.395. The summed E-state index contributed by atoms with van der Waals surface area (Å²) in [5.74, 6) is -1.53. The van der Waals surface area contributed by atoms with Gasteiger partial charge in [0, 0.05) is 11.5 Å². The average molecular weight is 422 g/mol. The van der Waals surface area contributed by atoms with Crippen molar-refractivity contribution >= 4 is 28.7 Å². The molecule has 1 aromatic heterocycles. The molecule has 1 amide bonds. The van der Waals surface area contributed by atoms with E-state index >= 15 is 0 Å². The van der Waals surface area contributed by atoms with Crippen LogP contribution in [0.5, 0.6) is 0 Å². The summed E-state index contributed by atoms with van der Waals surface area (Å²) in [7, 11) is 0. The number of aromatic nitrogens is 2. The van der Waals surface area contributed by atoms with Crippen LogP contribution in [0.4, 0.5) is 9.93 Å². The van der Waals surface area contributed by atoms with Crippen molar-refractivity contribution in [3.05, 3.63) is 41.7 Å². The Balaban J connectivity index is 2.10. The average Bonchev–Trinajstić information content (AvgIpc) is 3.07. The van der Waals surface area contributed by atoms with Crippen molar-refractivity contribution in [2.75, 3.05) is 11.9 Å². The molecule has 0 spiro atoms. The zero-order valence-corrected chi connectivity index (χ0v) is 17.9. The topological polar surface area (TPSA) is 111 Å². The van der Waals surface area contributed by atoms with Gasteiger partial charge in [0.25, 0.3) is 0 Å². The van der Waals surface area contributed by atoms with Crippen molar-refractivity contribution in [1.29, 1.82) is 0 Å². The van der Waals surface area contributed by atoms with Gasteiger partial charge in [-0.1, -0.05) is 30.3 Å². The molecule has 0 bridgehead atoms. The van der Waals surface area contributed by atoms with Crippen molar-refractivity contribution in [1.82, 2.24) is 9.36 Å². The number of rotatable bonds is 8. The van der Waals surface area contributed by atoms with E-state index in [1.54, 1.807) is 27.7 Å². The van der Waals surface area contributed by atoms with E-state index in [4.69, 9.17) is 9.47 Å². The highest BCUT2D eigenvalue weighted by Crippen LogP contribution is 2.26. The third kappa shape index (κ3) is 7.43. The first-order chi connectivity index (χ1) is 13.7. The predicted octanol–water partition coefficient (Wildman–Crippen LogP) is 3.53. The number of amides is 1. The van der Waals surface area contributed by atoms with E-state index in [9.17, 15) is 14.7 Å². The molecule has 1 heterocycles. The molecule has 0 saturated carbocycles. The van der Waals surface area contributed by atoms with Crippen molar-refractivity contribution in [2.45, 2.75) is 58.2 Å². The molecule has 2 unspecified atom stereocenters. The fraction of sp³-hybridized carbons (Fsp3) is 0.500. The van der Waals surface area contributed by atoms with Gasteiger partial charge in [-0.25, -0.2) is 9.78 Å². The van der Waals surface area contributed by atoms with Gasteiger partial charge < -0.3 is 14.6 Å². The van der Waals surface area contributed by atoms with Crippen LogP contribution in [0.3, 0.4) is 0 Å². The molecule has 2 N–H and O–H groups in total. The summed E-state index contributed by atoms with van der Waals surface area (Å²) in [6.07, 6.45) is -0.775. The number of aliphatic hydroxyl groups excluding tert-OH is 1. The Morgan fingerprint density at radius 3 is 2.55 bits per heavy atom. The number of nitrogens with one attached hydrogen (secondary N) is 1. The number of benzene rings is 1. The maximum atomic E-state index is 12.4. The summed E-state index contributed by atoms with van der Waals surface area (Å²) < 4.78 is 14.4. The molecule has 2 rings (SSSR count). The Hall–Kier alpha value is -2.52. The summed E-state index contributed by atoms with van der Waals surface area (Å²) in [6.45, 7) is 7.11. The minimum Gasteiger partial charge on any atom is -0.465 e. The number of esters is 1. The van der Waals surface area contributed by atoms with Crippen LogP contribution >= 0.6 is 11.5 Å². The number of aliphatic hydroxyl groups is 1. The highest BCUT2D eigenvalue weighted by molar-refractivity contribution is 7.09. The van der Waals surface area contributed by atoms with Crippen molar-refractivity contribution in [2.24, 2.45) is 0 Å². The van der Waals surface area contributed by atoms with Gasteiger partial charge in [-0.2, -0.15) is 4.37 Å². The van der Waals surface area contributed by atoms with E-state index in [1.165, 1.54) is 0 Å². The number of nitrogens with zero attached hydrogens (tertiary/aromatic N) is 2. The largest absolute Gasteiger partial charge is 0.465 e. The molecule has 0 aliphatic carbocycles. The fourth-order valence-corrected chi connectivity index (χ4v) is 3.19. The van der Waals surface area contributed by atoms with E-state index in [2.05, 4.69) is 14.7 Å². The molecule has 0 saturated heterocycles. The normalized spacial score (nSPS) is 13.4.